The van der Waals surface area contributed by atoms with Gasteiger partial charge in [-0.15, -0.1) is 0 Å². The molecule has 5 rings (SSSR count). The van der Waals surface area contributed by atoms with Gasteiger partial charge in [0.15, 0.2) is 6.10 Å². The predicted octanol–water partition coefficient (Wildman–Crippen LogP) is 1.73. The highest BCUT2D eigenvalue weighted by Gasteiger charge is 2.62. The highest BCUT2D eigenvalue weighted by Crippen LogP contribution is 2.45. The van der Waals surface area contributed by atoms with Gasteiger partial charge in [0.25, 0.3) is 5.91 Å². The van der Waals surface area contributed by atoms with Crippen LogP contribution in [0.15, 0.2) is 23.1 Å². The third kappa shape index (κ3) is 3.03. The Morgan fingerprint density at radius 3 is 2.50 bits per heavy atom. The molecule has 3 aliphatic heterocycles. The van der Waals surface area contributed by atoms with E-state index in [1.54, 1.807) is 17.5 Å². The third-order valence-corrected chi connectivity index (χ3v) is 9.41. The number of carbonyl (C=O) groups excluding carboxylic acids is 1. The van der Waals surface area contributed by atoms with Crippen LogP contribution in [0, 0.1) is 0 Å². The van der Waals surface area contributed by atoms with Gasteiger partial charge in [0, 0.05) is 39.5 Å². The molecular weight excluding hydrogens is 404 g/mol. The fourth-order valence-electron chi connectivity index (χ4n) is 5.93. The fraction of sp³-hybridized carbons (Fsp3) is 0.682. The first-order chi connectivity index (χ1) is 14.5. The van der Waals surface area contributed by atoms with Crippen LogP contribution in [0.5, 0.6) is 0 Å². The Balaban J connectivity index is 1.30. The first-order valence-electron chi connectivity index (χ1n) is 11.0. The van der Waals surface area contributed by atoms with Crippen LogP contribution in [-0.2, 0) is 37.1 Å². The molecule has 0 bridgehead atoms. The quantitative estimate of drug-likeness (QED) is 0.675. The average Bonchev–Trinajstić information content (AvgIpc) is 3.23. The van der Waals surface area contributed by atoms with Gasteiger partial charge in [-0.25, -0.2) is 8.42 Å². The zero-order valence-corrected chi connectivity index (χ0v) is 18.3. The van der Waals surface area contributed by atoms with Gasteiger partial charge in [-0.2, -0.15) is 4.31 Å². The number of fused-ring (bicyclic) bond motifs is 1. The molecule has 0 aromatic heterocycles. The number of hydrogen-bond donors (Lipinski definition) is 0. The Morgan fingerprint density at radius 1 is 1.10 bits per heavy atom. The lowest BCUT2D eigenvalue weighted by atomic mass is 9.72. The number of likely N-dealkylation sites (tertiary alicyclic amines) is 1. The molecule has 3 fully saturated rings. The molecule has 1 aliphatic carbocycles. The van der Waals surface area contributed by atoms with Crippen LogP contribution < -0.4 is 0 Å². The van der Waals surface area contributed by atoms with Crippen molar-refractivity contribution in [2.24, 2.45) is 0 Å². The molecule has 1 atom stereocenters. The first-order valence-corrected chi connectivity index (χ1v) is 12.5. The normalized spacial score (nSPS) is 27.3. The van der Waals surface area contributed by atoms with Crippen LogP contribution in [0.3, 0.4) is 0 Å². The molecule has 7 nitrogen and oxygen atoms in total. The van der Waals surface area contributed by atoms with E-state index >= 15 is 0 Å². The lowest BCUT2D eigenvalue weighted by molar-refractivity contribution is -0.213. The predicted molar refractivity (Wildman–Crippen MR) is 111 cm³/mol. The molecule has 1 aromatic carbocycles. The van der Waals surface area contributed by atoms with Crippen molar-refractivity contribution in [2.45, 2.75) is 67.5 Å². The van der Waals surface area contributed by atoms with Gasteiger partial charge in [0.1, 0.15) is 0 Å². The van der Waals surface area contributed by atoms with Crippen molar-refractivity contribution in [2.75, 3.05) is 33.4 Å². The van der Waals surface area contributed by atoms with Crippen molar-refractivity contribution in [3.63, 3.8) is 0 Å². The summed E-state index contributed by atoms with van der Waals surface area (Å²) in [5.74, 6) is 0.0410. The van der Waals surface area contributed by atoms with Gasteiger partial charge in [0.2, 0.25) is 10.0 Å². The molecule has 164 valence electrons. The smallest absolute Gasteiger partial charge is 0.254 e. The molecule has 1 spiro atoms. The number of ether oxygens (including phenoxy) is 2. The molecule has 0 saturated carbocycles. The second-order valence-electron chi connectivity index (χ2n) is 8.96. The second-order valence-corrected chi connectivity index (χ2v) is 10.9. The van der Waals surface area contributed by atoms with E-state index in [0.29, 0.717) is 44.0 Å². The number of β-lactam (4-membered cyclic amide) rings is 1. The summed E-state index contributed by atoms with van der Waals surface area (Å²) < 4.78 is 39.1. The van der Waals surface area contributed by atoms with E-state index in [1.807, 2.05) is 17.0 Å². The molecule has 1 unspecified atom stereocenters. The number of aryl methyl sites for hydroxylation is 2. The number of sulfonamides is 1. The molecule has 30 heavy (non-hydrogen) atoms. The Kier molecular flexibility index (Phi) is 5.16. The minimum atomic E-state index is -3.50. The Labute approximate surface area is 178 Å². The van der Waals surface area contributed by atoms with E-state index in [2.05, 4.69) is 0 Å². The van der Waals surface area contributed by atoms with Gasteiger partial charge >= 0.3 is 0 Å². The van der Waals surface area contributed by atoms with E-state index in [1.165, 1.54) is 11.1 Å². The summed E-state index contributed by atoms with van der Waals surface area (Å²) in [7, 11) is -1.90. The van der Waals surface area contributed by atoms with Gasteiger partial charge < -0.3 is 14.4 Å². The highest BCUT2D eigenvalue weighted by atomic mass is 32.2. The topological polar surface area (TPSA) is 76.2 Å². The number of rotatable bonds is 4. The summed E-state index contributed by atoms with van der Waals surface area (Å²) in [6.45, 7) is 2.15. The maximum atomic E-state index is 13.2. The molecule has 3 heterocycles. The lowest BCUT2D eigenvalue weighted by Crippen LogP contribution is -2.79. The molecule has 8 heteroatoms. The van der Waals surface area contributed by atoms with E-state index in [9.17, 15) is 13.2 Å². The van der Waals surface area contributed by atoms with Gasteiger partial charge in [-0.05, 0) is 68.2 Å². The summed E-state index contributed by atoms with van der Waals surface area (Å²) in [6.07, 6.45) is 5.60. The summed E-state index contributed by atoms with van der Waals surface area (Å²) in [5.41, 5.74) is 2.16. The highest BCUT2D eigenvalue weighted by molar-refractivity contribution is 7.89. The number of methoxy groups -OCH3 is 1. The Morgan fingerprint density at radius 2 is 1.80 bits per heavy atom. The molecule has 0 N–H and O–H groups in total. The van der Waals surface area contributed by atoms with E-state index in [4.69, 9.17) is 9.47 Å². The zero-order chi connectivity index (χ0) is 20.9. The maximum Gasteiger partial charge on any atom is 0.254 e. The standard InChI is InChI=1S/C22H30N2O5S/c1-28-20-21(25)24(22(20)9-13-29-14-10-22)18-7-11-23(12-8-18)30(26,27)19-6-5-16-3-2-4-17(16)15-19/h5-6,15,18,20H,2-4,7-14H2,1H3. The third-order valence-electron chi connectivity index (χ3n) is 7.52. The molecule has 0 radical (unpaired) electrons. The number of nitrogens with zero attached hydrogens (tertiary/aromatic N) is 2. The van der Waals surface area contributed by atoms with Crippen molar-refractivity contribution in [1.82, 2.24) is 9.21 Å². The Bertz CT molecular complexity index is 933. The first kappa shape index (κ1) is 20.4. The van der Waals surface area contributed by atoms with Crippen LogP contribution in [0.4, 0.5) is 0 Å². The minimum absolute atomic E-state index is 0.0410. The number of benzene rings is 1. The molecule has 3 saturated heterocycles. The SMILES string of the molecule is COC1C(=O)N(C2CCN(S(=O)(=O)c3ccc4c(c3)CCC4)CC2)C12CCOCC2. The number of carbonyl (C=O) groups is 1. The zero-order valence-electron chi connectivity index (χ0n) is 17.5. The van der Waals surface area contributed by atoms with Crippen molar-refractivity contribution in [3.05, 3.63) is 29.3 Å². The van der Waals surface area contributed by atoms with Crippen molar-refractivity contribution in [3.8, 4) is 0 Å². The molecular formula is C22H30N2O5S. The average molecular weight is 435 g/mol. The van der Waals surface area contributed by atoms with E-state index in [0.717, 1.165) is 32.1 Å². The summed E-state index contributed by atoms with van der Waals surface area (Å²) in [4.78, 5) is 15.2. The lowest BCUT2D eigenvalue weighted by Gasteiger charge is -2.61. The van der Waals surface area contributed by atoms with Crippen LogP contribution in [0.1, 0.15) is 43.2 Å². The van der Waals surface area contributed by atoms with E-state index in [-0.39, 0.29) is 17.5 Å². The van der Waals surface area contributed by atoms with Crippen LogP contribution in [0.2, 0.25) is 0 Å². The summed E-state index contributed by atoms with van der Waals surface area (Å²) in [6, 6.07) is 5.65. The Hall–Kier alpha value is -1.48. The van der Waals surface area contributed by atoms with Crippen molar-refractivity contribution < 1.29 is 22.7 Å². The fourth-order valence-corrected chi connectivity index (χ4v) is 7.45. The number of amides is 1. The molecule has 4 aliphatic rings. The van der Waals surface area contributed by atoms with Gasteiger partial charge in [-0.1, -0.05) is 6.07 Å². The van der Waals surface area contributed by atoms with Crippen molar-refractivity contribution >= 4 is 15.9 Å². The van der Waals surface area contributed by atoms with Crippen LogP contribution in [0.25, 0.3) is 0 Å². The number of hydrogen-bond acceptors (Lipinski definition) is 5. The van der Waals surface area contributed by atoms with Crippen LogP contribution >= 0.6 is 0 Å². The molecule has 1 amide bonds. The largest absolute Gasteiger partial charge is 0.381 e. The van der Waals surface area contributed by atoms with E-state index < -0.39 is 16.1 Å². The van der Waals surface area contributed by atoms with Gasteiger partial charge in [0.05, 0.1) is 10.4 Å². The minimum Gasteiger partial charge on any atom is -0.381 e. The second kappa shape index (κ2) is 7.58. The summed E-state index contributed by atoms with van der Waals surface area (Å²) >= 11 is 0. The van der Waals surface area contributed by atoms with Gasteiger partial charge in [-0.3, -0.25) is 4.79 Å². The monoisotopic (exact) mass is 434 g/mol. The molecule has 1 aromatic rings. The number of piperidine rings is 1. The van der Waals surface area contributed by atoms with Crippen LogP contribution in [-0.4, -0.2) is 74.6 Å². The van der Waals surface area contributed by atoms with Crippen molar-refractivity contribution in [1.29, 1.82) is 0 Å². The summed E-state index contributed by atoms with van der Waals surface area (Å²) in [5, 5.41) is 0. The maximum absolute atomic E-state index is 13.2.